The van der Waals surface area contributed by atoms with Crippen molar-refractivity contribution in [1.82, 2.24) is 9.55 Å². The van der Waals surface area contributed by atoms with E-state index in [0.29, 0.717) is 19.4 Å². The second-order valence-corrected chi connectivity index (χ2v) is 7.77. The lowest BCUT2D eigenvalue weighted by Gasteiger charge is -2.12. The van der Waals surface area contributed by atoms with E-state index in [2.05, 4.69) is 0 Å². The van der Waals surface area contributed by atoms with E-state index in [1.807, 2.05) is 30.3 Å². The lowest BCUT2D eigenvalue weighted by molar-refractivity contribution is -0.137. The summed E-state index contributed by atoms with van der Waals surface area (Å²) in [6.45, 7) is 0.390. The third kappa shape index (κ3) is 3.17. The Balaban J connectivity index is 1.79. The number of fused-ring (bicyclic) bond motifs is 3. The number of hydrogen-bond donors (Lipinski definition) is 1. The Morgan fingerprint density at radius 1 is 1.23 bits per heavy atom. The Morgan fingerprint density at radius 3 is 2.81 bits per heavy atom. The van der Waals surface area contributed by atoms with Gasteiger partial charge in [0.25, 0.3) is 5.56 Å². The number of aryl methyl sites for hydroxylation is 2. The van der Waals surface area contributed by atoms with Crippen LogP contribution in [0.15, 0.2) is 35.1 Å². The van der Waals surface area contributed by atoms with Crippen LogP contribution in [-0.4, -0.2) is 20.6 Å². The zero-order valence-corrected chi connectivity index (χ0v) is 15.2. The Kier molecular flexibility index (Phi) is 4.59. The first-order chi connectivity index (χ1) is 12.6. The van der Waals surface area contributed by atoms with E-state index in [4.69, 9.17) is 10.1 Å². The van der Waals surface area contributed by atoms with Crippen LogP contribution in [0.4, 0.5) is 0 Å². The maximum Gasteiger partial charge on any atom is 0.303 e. The summed E-state index contributed by atoms with van der Waals surface area (Å²) in [5, 5.41) is 9.69. The van der Waals surface area contributed by atoms with Gasteiger partial charge in [-0.05, 0) is 36.8 Å². The fraction of sp³-hybridized carbons (Fsp3) is 0.350. The Bertz CT molecular complexity index is 1020. The summed E-state index contributed by atoms with van der Waals surface area (Å²) < 4.78 is 1.70. The molecule has 0 bridgehead atoms. The maximum atomic E-state index is 13.2. The monoisotopic (exact) mass is 368 g/mol. The molecule has 1 N–H and O–H groups in total. The van der Waals surface area contributed by atoms with Gasteiger partial charge in [-0.15, -0.1) is 11.3 Å². The number of aromatic nitrogens is 2. The first kappa shape index (κ1) is 17.0. The molecule has 1 aliphatic carbocycles. The van der Waals surface area contributed by atoms with Crippen molar-refractivity contribution in [2.45, 2.75) is 45.1 Å². The molecule has 2 aromatic heterocycles. The molecule has 26 heavy (non-hydrogen) atoms. The first-order valence-electron chi connectivity index (χ1n) is 8.93. The Hall–Kier alpha value is -2.47. The predicted molar refractivity (Wildman–Crippen MR) is 102 cm³/mol. The molecule has 0 spiro atoms. The van der Waals surface area contributed by atoms with E-state index in [9.17, 15) is 9.59 Å². The van der Waals surface area contributed by atoms with Crippen LogP contribution < -0.4 is 5.56 Å². The second kappa shape index (κ2) is 7.03. The zero-order chi connectivity index (χ0) is 18.1. The molecule has 2 heterocycles. The quantitative estimate of drug-likeness (QED) is 0.724. The number of nitrogens with zero attached hydrogens (tertiary/aromatic N) is 2. The molecule has 6 heteroatoms. The number of rotatable bonds is 6. The highest BCUT2D eigenvalue weighted by atomic mass is 32.1. The van der Waals surface area contributed by atoms with Crippen molar-refractivity contribution in [3.8, 4) is 0 Å². The number of aliphatic carboxylic acids is 1. The van der Waals surface area contributed by atoms with E-state index in [1.165, 1.54) is 10.4 Å². The highest BCUT2D eigenvalue weighted by Gasteiger charge is 2.23. The standard InChI is InChI=1S/C20H20N2O3S/c23-17(24)10-5-11-22-16(12-13-6-2-1-3-7-13)21-19-18(20(22)25)14-8-4-9-15(14)26-19/h1-3,6-7H,4-5,8-12H2,(H,23,24). The van der Waals surface area contributed by atoms with Gasteiger partial charge in [-0.1, -0.05) is 30.3 Å². The van der Waals surface area contributed by atoms with Crippen molar-refractivity contribution >= 4 is 27.5 Å². The summed E-state index contributed by atoms with van der Waals surface area (Å²) in [4.78, 5) is 31.0. The van der Waals surface area contributed by atoms with Gasteiger partial charge < -0.3 is 5.11 Å². The van der Waals surface area contributed by atoms with Crippen LogP contribution in [0.5, 0.6) is 0 Å². The van der Waals surface area contributed by atoms with Crippen molar-refractivity contribution < 1.29 is 9.90 Å². The SMILES string of the molecule is O=C(O)CCCn1c(Cc2ccccc2)nc2sc3c(c2c1=O)CCC3. The van der Waals surface area contributed by atoms with Gasteiger partial charge in [0, 0.05) is 24.3 Å². The zero-order valence-electron chi connectivity index (χ0n) is 14.4. The largest absolute Gasteiger partial charge is 0.481 e. The van der Waals surface area contributed by atoms with Gasteiger partial charge in [0.2, 0.25) is 0 Å². The molecular formula is C20H20N2O3S. The smallest absolute Gasteiger partial charge is 0.303 e. The average Bonchev–Trinajstić information content (AvgIpc) is 3.19. The molecule has 134 valence electrons. The van der Waals surface area contributed by atoms with Crippen LogP contribution in [0.2, 0.25) is 0 Å². The molecule has 0 atom stereocenters. The summed E-state index contributed by atoms with van der Waals surface area (Å²) in [7, 11) is 0. The van der Waals surface area contributed by atoms with Gasteiger partial charge >= 0.3 is 5.97 Å². The van der Waals surface area contributed by atoms with Gasteiger partial charge in [0.1, 0.15) is 10.7 Å². The third-order valence-electron chi connectivity index (χ3n) is 4.88. The number of carbonyl (C=O) groups is 1. The molecule has 1 aliphatic rings. The minimum absolute atomic E-state index is 0.00859. The minimum Gasteiger partial charge on any atom is -0.481 e. The van der Waals surface area contributed by atoms with Gasteiger partial charge in [-0.25, -0.2) is 4.98 Å². The van der Waals surface area contributed by atoms with Gasteiger partial charge in [0.15, 0.2) is 0 Å². The highest BCUT2D eigenvalue weighted by molar-refractivity contribution is 7.18. The molecule has 0 fully saturated rings. The van der Waals surface area contributed by atoms with Gasteiger partial charge in [-0.2, -0.15) is 0 Å². The molecule has 4 rings (SSSR count). The fourth-order valence-corrected chi connectivity index (χ4v) is 4.92. The van der Waals surface area contributed by atoms with Crippen molar-refractivity contribution in [2.24, 2.45) is 0 Å². The van der Waals surface area contributed by atoms with E-state index >= 15 is 0 Å². The molecular weight excluding hydrogens is 348 g/mol. The lowest BCUT2D eigenvalue weighted by atomic mass is 10.1. The summed E-state index contributed by atoms with van der Waals surface area (Å²) >= 11 is 1.64. The number of hydrogen-bond acceptors (Lipinski definition) is 4. The van der Waals surface area contributed by atoms with Crippen molar-refractivity contribution in [1.29, 1.82) is 0 Å². The summed E-state index contributed by atoms with van der Waals surface area (Å²) in [5.74, 6) is -0.118. The molecule has 5 nitrogen and oxygen atoms in total. The molecule has 3 aromatic rings. The second-order valence-electron chi connectivity index (χ2n) is 6.68. The van der Waals surface area contributed by atoms with Crippen LogP contribution >= 0.6 is 11.3 Å². The van der Waals surface area contributed by atoms with Crippen LogP contribution in [0.3, 0.4) is 0 Å². The third-order valence-corrected chi connectivity index (χ3v) is 6.07. The predicted octanol–water partition coefficient (Wildman–Crippen LogP) is 3.40. The van der Waals surface area contributed by atoms with Crippen LogP contribution in [0, 0.1) is 0 Å². The van der Waals surface area contributed by atoms with Crippen LogP contribution in [0.25, 0.3) is 10.2 Å². The van der Waals surface area contributed by atoms with Crippen molar-refractivity contribution in [3.63, 3.8) is 0 Å². The van der Waals surface area contributed by atoms with E-state index in [-0.39, 0.29) is 12.0 Å². The molecule has 0 saturated heterocycles. The lowest BCUT2D eigenvalue weighted by Crippen LogP contribution is -2.26. The number of thiophene rings is 1. The number of carboxylic acid groups (broad SMARTS) is 1. The molecule has 0 unspecified atom stereocenters. The van der Waals surface area contributed by atoms with Crippen LogP contribution in [-0.2, 0) is 30.6 Å². The maximum absolute atomic E-state index is 13.2. The van der Waals surface area contributed by atoms with Crippen LogP contribution in [0.1, 0.15) is 41.1 Å². The molecule has 0 aliphatic heterocycles. The summed E-state index contributed by atoms with van der Waals surface area (Å²) in [6, 6.07) is 9.95. The highest BCUT2D eigenvalue weighted by Crippen LogP contribution is 2.34. The topological polar surface area (TPSA) is 72.2 Å². The fourth-order valence-electron chi connectivity index (χ4n) is 3.65. The first-order valence-corrected chi connectivity index (χ1v) is 9.75. The molecule has 1 aromatic carbocycles. The van der Waals surface area contributed by atoms with E-state index in [0.717, 1.165) is 40.9 Å². The van der Waals surface area contributed by atoms with Crippen molar-refractivity contribution in [2.75, 3.05) is 0 Å². The van der Waals surface area contributed by atoms with Crippen molar-refractivity contribution in [3.05, 3.63) is 62.5 Å². The Labute approximate surface area is 154 Å². The average molecular weight is 368 g/mol. The molecule has 0 radical (unpaired) electrons. The van der Waals surface area contributed by atoms with E-state index < -0.39 is 5.97 Å². The minimum atomic E-state index is -0.840. The summed E-state index contributed by atoms with van der Waals surface area (Å²) in [6.07, 6.45) is 4.12. The Morgan fingerprint density at radius 2 is 2.04 bits per heavy atom. The van der Waals surface area contributed by atoms with E-state index in [1.54, 1.807) is 15.9 Å². The van der Waals surface area contributed by atoms with Gasteiger partial charge in [-0.3, -0.25) is 14.2 Å². The summed E-state index contributed by atoms with van der Waals surface area (Å²) in [5.41, 5.74) is 2.25. The molecule has 0 amide bonds. The normalized spacial score (nSPS) is 13.2. The molecule has 0 saturated carbocycles. The number of benzene rings is 1. The number of carboxylic acids is 1. The van der Waals surface area contributed by atoms with Gasteiger partial charge in [0.05, 0.1) is 5.39 Å².